The number of aryl methyl sites for hydroxylation is 1. The van der Waals surface area contributed by atoms with Crippen molar-refractivity contribution >= 4 is 21.6 Å². The Morgan fingerprint density at radius 1 is 1.41 bits per heavy atom. The van der Waals surface area contributed by atoms with Crippen LogP contribution >= 0.6 is 11.3 Å². The van der Waals surface area contributed by atoms with E-state index in [1.807, 2.05) is 6.92 Å². The van der Waals surface area contributed by atoms with Gasteiger partial charge in [0.2, 0.25) is 0 Å². The molecule has 0 aliphatic heterocycles. The smallest absolute Gasteiger partial charge is 0.259 e. The molecule has 0 saturated carbocycles. The van der Waals surface area contributed by atoms with Crippen LogP contribution in [0.4, 0.5) is 0 Å². The van der Waals surface area contributed by atoms with Crippen molar-refractivity contribution in [2.45, 2.75) is 53.5 Å². The van der Waals surface area contributed by atoms with E-state index < -0.39 is 0 Å². The van der Waals surface area contributed by atoms with Gasteiger partial charge in [-0.25, -0.2) is 4.98 Å². The lowest BCUT2D eigenvalue weighted by Crippen LogP contribution is -2.26. The van der Waals surface area contributed by atoms with Gasteiger partial charge >= 0.3 is 0 Å². The highest BCUT2D eigenvalue weighted by Gasteiger charge is 2.31. The molecule has 0 fully saturated rings. The fraction of sp³-hybridized carbons (Fsp3) is 0.647. The van der Waals surface area contributed by atoms with Gasteiger partial charge in [0.05, 0.1) is 11.9 Å². The van der Waals surface area contributed by atoms with Gasteiger partial charge in [-0.15, -0.1) is 11.3 Å². The minimum atomic E-state index is 0.0320. The van der Waals surface area contributed by atoms with Gasteiger partial charge < -0.3 is 10.3 Å². The third-order valence-electron chi connectivity index (χ3n) is 4.74. The molecule has 1 aliphatic rings. The van der Waals surface area contributed by atoms with Crippen molar-refractivity contribution in [3.05, 3.63) is 26.6 Å². The van der Waals surface area contributed by atoms with E-state index in [1.54, 1.807) is 11.3 Å². The first-order valence-corrected chi connectivity index (χ1v) is 8.96. The Hall–Kier alpha value is -1.20. The number of nitrogens with zero attached hydrogens (tertiary/aromatic N) is 1. The van der Waals surface area contributed by atoms with Crippen molar-refractivity contribution in [1.29, 1.82) is 0 Å². The predicted octanol–water partition coefficient (Wildman–Crippen LogP) is 3.25. The molecule has 120 valence electrons. The van der Waals surface area contributed by atoms with E-state index in [0.717, 1.165) is 35.4 Å². The Morgan fingerprint density at radius 3 is 2.86 bits per heavy atom. The van der Waals surface area contributed by atoms with Gasteiger partial charge in [0, 0.05) is 4.88 Å². The molecule has 4 nitrogen and oxygen atoms in total. The van der Waals surface area contributed by atoms with Gasteiger partial charge in [0.1, 0.15) is 10.7 Å². The Bertz CT molecular complexity index is 739. The van der Waals surface area contributed by atoms with Crippen LogP contribution in [-0.2, 0) is 19.4 Å². The van der Waals surface area contributed by atoms with Crippen LogP contribution in [0.3, 0.4) is 0 Å². The van der Waals surface area contributed by atoms with Gasteiger partial charge in [0.25, 0.3) is 5.56 Å². The molecule has 0 aromatic carbocycles. The van der Waals surface area contributed by atoms with Gasteiger partial charge in [0.15, 0.2) is 0 Å². The maximum Gasteiger partial charge on any atom is 0.259 e. The van der Waals surface area contributed by atoms with Crippen LogP contribution in [0.5, 0.6) is 0 Å². The lowest BCUT2D eigenvalue weighted by atomic mass is 9.72. The summed E-state index contributed by atoms with van der Waals surface area (Å²) in [6, 6.07) is 0. The van der Waals surface area contributed by atoms with Crippen LogP contribution in [0.2, 0.25) is 0 Å². The molecule has 2 heterocycles. The van der Waals surface area contributed by atoms with E-state index in [0.29, 0.717) is 17.9 Å². The molecule has 1 atom stereocenters. The second kappa shape index (κ2) is 5.78. The fourth-order valence-electron chi connectivity index (χ4n) is 3.29. The molecule has 0 saturated heterocycles. The Kier molecular flexibility index (Phi) is 4.12. The maximum atomic E-state index is 12.5. The summed E-state index contributed by atoms with van der Waals surface area (Å²) in [5.41, 5.74) is 1.61. The number of rotatable bonds is 3. The summed E-state index contributed by atoms with van der Waals surface area (Å²) >= 11 is 1.72. The average molecular weight is 319 g/mol. The highest BCUT2D eigenvalue weighted by Crippen LogP contribution is 2.41. The lowest BCUT2D eigenvalue weighted by Gasteiger charge is -2.33. The van der Waals surface area contributed by atoms with Crippen LogP contribution < -0.4 is 10.9 Å². The van der Waals surface area contributed by atoms with Crippen molar-refractivity contribution in [3.8, 4) is 0 Å². The van der Waals surface area contributed by atoms with Crippen LogP contribution in [0, 0.1) is 11.3 Å². The minimum absolute atomic E-state index is 0.0320. The van der Waals surface area contributed by atoms with Crippen molar-refractivity contribution in [2.24, 2.45) is 11.3 Å². The summed E-state index contributed by atoms with van der Waals surface area (Å²) in [5, 5.41) is 4.06. The van der Waals surface area contributed by atoms with Crippen molar-refractivity contribution < 1.29 is 0 Å². The number of nitrogens with one attached hydrogen (secondary N) is 2. The number of aromatic nitrogens is 2. The van der Waals surface area contributed by atoms with E-state index in [2.05, 4.69) is 36.1 Å². The quantitative estimate of drug-likeness (QED) is 0.913. The molecule has 22 heavy (non-hydrogen) atoms. The molecule has 2 N–H and O–H groups in total. The normalized spacial score (nSPS) is 18.6. The molecular formula is C17H25N3OS. The third-order valence-corrected chi connectivity index (χ3v) is 5.88. The number of fused-ring (bicyclic) bond motifs is 3. The number of thiophene rings is 1. The molecule has 3 rings (SSSR count). The van der Waals surface area contributed by atoms with Crippen LogP contribution in [0.15, 0.2) is 4.79 Å². The second-order valence-electron chi connectivity index (χ2n) is 7.28. The SMILES string of the molecule is CCNCc1nc2sc3c(c2c(=O)[nH]1)CCC(C(C)(C)C)C3. The molecule has 2 aromatic heterocycles. The summed E-state index contributed by atoms with van der Waals surface area (Å²) in [5.74, 6) is 1.43. The Labute approximate surface area is 135 Å². The molecule has 1 aliphatic carbocycles. The van der Waals surface area contributed by atoms with E-state index in [4.69, 9.17) is 0 Å². The molecule has 2 aromatic rings. The van der Waals surface area contributed by atoms with Gasteiger partial charge in [-0.1, -0.05) is 27.7 Å². The zero-order chi connectivity index (χ0) is 15.9. The van der Waals surface area contributed by atoms with Crippen molar-refractivity contribution in [1.82, 2.24) is 15.3 Å². The Balaban J connectivity index is 2.01. The van der Waals surface area contributed by atoms with Crippen molar-refractivity contribution in [2.75, 3.05) is 6.54 Å². The van der Waals surface area contributed by atoms with E-state index in [-0.39, 0.29) is 5.56 Å². The first-order chi connectivity index (χ1) is 10.4. The average Bonchev–Trinajstić information content (AvgIpc) is 2.81. The molecule has 0 amide bonds. The summed E-state index contributed by atoms with van der Waals surface area (Å²) in [6.07, 6.45) is 3.26. The number of hydrogen-bond donors (Lipinski definition) is 2. The topological polar surface area (TPSA) is 57.8 Å². The molecule has 0 spiro atoms. The van der Waals surface area contributed by atoms with Crippen LogP contribution in [0.1, 0.15) is 50.4 Å². The maximum absolute atomic E-state index is 12.5. The fourth-order valence-corrected chi connectivity index (χ4v) is 4.61. The number of H-pyrrole nitrogens is 1. The number of aromatic amines is 1. The minimum Gasteiger partial charge on any atom is -0.310 e. The Morgan fingerprint density at radius 2 is 2.18 bits per heavy atom. The molecular weight excluding hydrogens is 294 g/mol. The standard InChI is InChI=1S/C17H25N3OS/c1-5-18-9-13-19-15(21)14-11-7-6-10(17(2,3)4)8-12(11)22-16(14)20-13/h10,18H,5-9H2,1-4H3,(H,19,20,21). The van der Waals surface area contributed by atoms with E-state index in [1.165, 1.54) is 16.9 Å². The predicted molar refractivity (Wildman–Crippen MR) is 92.6 cm³/mol. The summed E-state index contributed by atoms with van der Waals surface area (Å²) in [7, 11) is 0. The third kappa shape index (κ3) is 2.84. The first-order valence-electron chi connectivity index (χ1n) is 8.14. The highest BCUT2D eigenvalue weighted by atomic mass is 32.1. The number of hydrogen-bond acceptors (Lipinski definition) is 4. The van der Waals surface area contributed by atoms with E-state index in [9.17, 15) is 4.79 Å². The van der Waals surface area contributed by atoms with E-state index >= 15 is 0 Å². The summed E-state index contributed by atoms with van der Waals surface area (Å²) in [4.78, 5) is 22.4. The largest absolute Gasteiger partial charge is 0.310 e. The highest BCUT2D eigenvalue weighted by molar-refractivity contribution is 7.18. The monoisotopic (exact) mass is 319 g/mol. The lowest BCUT2D eigenvalue weighted by molar-refractivity contribution is 0.218. The second-order valence-corrected chi connectivity index (χ2v) is 8.37. The van der Waals surface area contributed by atoms with Gasteiger partial charge in [-0.2, -0.15) is 0 Å². The molecule has 0 bridgehead atoms. The summed E-state index contributed by atoms with van der Waals surface area (Å²) in [6.45, 7) is 10.5. The van der Waals surface area contributed by atoms with Crippen LogP contribution in [-0.4, -0.2) is 16.5 Å². The summed E-state index contributed by atoms with van der Waals surface area (Å²) < 4.78 is 0. The first kappa shape index (κ1) is 15.7. The van der Waals surface area contributed by atoms with Gasteiger partial charge in [-0.05, 0) is 42.7 Å². The molecule has 5 heteroatoms. The van der Waals surface area contributed by atoms with Gasteiger partial charge in [-0.3, -0.25) is 4.79 Å². The molecule has 1 unspecified atom stereocenters. The zero-order valence-electron chi connectivity index (χ0n) is 13.9. The van der Waals surface area contributed by atoms with Crippen molar-refractivity contribution in [3.63, 3.8) is 0 Å². The molecule has 0 radical (unpaired) electrons. The van der Waals surface area contributed by atoms with Crippen LogP contribution in [0.25, 0.3) is 10.2 Å². The zero-order valence-corrected chi connectivity index (χ0v) is 14.7.